The quantitative estimate of drug-likeness (QED) is 0.711. The predicted molar refractivity (Wildman–Crippen MR) is 65.8 cm³/mol. The van der Waals surface area contributed by atoms with Gasteiger partial charge in [0.25, 0.3) is 0 Å². The summed E-state index contributed by atoms with van der Waals surface area (Å²) in [6.07, 6.45) is 2.33. The largest absolute Gasteiger partial charge is 0.431 e. The second-order valence-corrected chi connectivity index (χ2v) is 4.76. The fourth-order valence-corrected chi connectivity index (χ4v) is 2.75. The molecule has 0 saturated carbocycles. The number of hydrogen-bond acceptors (Lipinski definition) is 3. The molecule has 0 fully saturated rings. The summed E-state index contributed by atoms with van der Waals surface area (Å²) in [6, 6.07) is 9.74. The summed E-state index contributed by atoms with van der Waals surface area (Å²) in [4.78, 5) is 23.7. The minimum Gasteiger partial charge on any atom is -0.431 e. The molecule has 0 amide bonds. The summed E-state index contributed by atoms with van der Waals surface area (Å²) >= 11 is 0. The number of hydrogen-bond donors (Lipinski definition) is 0. The van der Waals surface area contributed by atoms with Gasteiger partial charge in [0.15, 0.2) is 5.78 Å². The number of ketones is 1. The molecule has 0 spiro atoms. The first-order valence-corrected chi connectivity index (χ1v) is 6.27. The molecule has 0 aromatic heterocycles. The Morgan fingerprint density at radius 3 is 2.61 bits per heavy atom. The molecule has 3 rings (SSSR count). The van der Waals surface area contributed by atoms with Crippen LogP contribution < -0.4 is 0 Å². The summed E-state index contributed by atoms with van der Waals surface area (Å²) in [5.41, 5.74) is 1.75. The van der Waals surface area contributed by atoms with Crippen molar-refractivity contribution in [2.45, 2.75) is 31.6 Å². The van der Waals surface area contributed by atoms with Crippen LogP contribution >= 0.6 is 0 Å². The van der Waals surface area contributed by atoms with Crippen LogP contribution in [0.25, 0.3) is 0 Å². The highest BCUT2D eigenvalue weighted by Crippen LogP contribution is 2.39. The Kier molecular flexibility index (Phi) is 2.74. The van der Waals surface area contributed by atoms with E-state index < -0.39 is 0 Å². The average Bonchev–Trinajstić information content (AvgIpc) is 2.39. The van der Waals surface area contributed by atoms with Crippen LogP contribution in [-0.2, 0) is 14.3 Å². The van der Waals surface area contributed by atoms with Gasteiger partial charge < -0.3 is 4.74 Å². The maximum absolute atomic E-state index is 12.1. The highest BCUT2D eigenvalue weighted by molar-refractivity contribution is 6.00. The maximum atomic E-state index is 12.1. The molecule has 1 atom stereocenters. The number of esters is 1. The number of carbonyl (C=O) groups excluding carboxylic acids is 2. The van der Waals surface area contributed by atoms with E-state index in [9.17, 15) is 9.59 Å². The van der Waals surface area contributed by atoms with Gasteiger partial charge in [0.05, 0.1) is 6.42 Å². The molecule has 1 aliphatic heterocycles. The van der Waals surface area contributed by atoms with Crippen LogP contribution in [0.1, 0.15) is 37.2 Å². The summed E-state index contributed by atoms with van der Waals surface area (Å²) in [6.45, 7) is 0. The van der Waals surface area contributed by atoms with E-state index in [2.05, 4.69) is 0 Å². The Hall–Kier alpha value is -1.90. The number of allylic oxidation sites excluding steroid dienone is 2. The van der Waals surface area contributed by atoms with Crippen LogP contribution in [0.15, 0.2) is 41.7 Å². The molecular formula is C15H14O3. The predicted octanol–water partition coefficient (Wildman–Crippen LogP) is 2.72. The van der Waals surface area contributed by atoms with Gasteiger partial charge in [-0.15, -0.1) is 0 Å². The Morgan fingerprint density at radius 2 is 1.83 bits per heavy atom. The van der Waals surface area contributed by atoms with Crippen molar-refractivity contribution in [2.24, 2.45) is 0 Å². The van der Waals surface area contributed by atoms with E-state index in [1.807, 2.05) is 30.3 Å². The van der Waals surface area contributed by atoms with Gasteiger partial charge in [0.2, 0.25) is 0 Å². The standard InChI is InChI=1S/C15H14O3/c16-12-7-4-8-13-15(12)11(9-14(17)18-13)10-5-2-1-3-6-10/h1-3,5-6,11H,4,7-9H2. The zero-order valence-electron chi connectivity index (χ0n) is 10.0. The van der Waals surface area contributed by atoms with Crippen LogP contribution in [0.5, 0.6) is 0 Å². The van der Waals surface area contributed by atoms with Crippen molar-refractivity contribution in [1.29, 1.82) is 0 Å². The molecule has 1 aromatic carbocycles. The third kappa shape index (κ3) is 1.86. The second-order valence-electron chi connectivity index (χ2n) is 4.76. The lowest BCUT2D eigenvalue weighted by molar-refractivity contribution is -0.142. The first kappa shape index (κ1) is 11.2. The molecule has 3 heteroatoms. The zero-order chi connectivity index (χ0) is 12.5. The van der Waals surface area contributed by atoms with E-state index in [1.165, 1.54) is 0 Å². The fourth-order valence-electron chi connectivity index (χ4n) is 2.75. The van der Waals surface area contributed by atoms with E-state index in [-0.39, 0.29) is 24.1 Å². The van der Waals surface area contributed by atoms with Crippen LogP contribution in [0.4, 0.5) is 0 Å². The molecule has 2 aliphatic rings. The molecule has 0 saturated heterocycles. The molecule has 0 N–H and O–H groups in total. The molecule has 0 radical (unpaired) electrons. The minimum absolute atomic E-state index is 0.116. The molecule has 92 valence electrons. The van der Waals surface area contributed by atoms with Crippen molar-refractivity contribution in [1.82, 2.24) is 0 Å². The van der Waals surface area contributed by atoms with Crippen LogP contribution in [0.3, 0.4) is 0 Å². The van der Waals surface area contributed by atoms with Crippen LogP contribution in [0, 0.1) is 0 Å². The van der Waals surface area contributed by atoms with Crippen molar-refractivity contribution >= 4 is 11.8 Å². The second kappa shape index (κ2) is 4.41. The molecular weight excluding hydrogens is 228 g/mol. The van der Waals surface area contributed by atoms with Gasteiger partial charge in [-0.2, -0.15) is 0 Å². The molecule has 3 nitrogen and oxygen atoms in total. The summed E-state index contributed by atoms with van der Waals surface area (Å²) in [5, 5.41) is 0. The van der Waals surface area contributed by atoms with Gasteiger partial charge in [-0.3, -0.25) is 9.59 Å². The monoisotopic (exact) mass is 242 g/mol. The third-order valence-corrected chi connectivity index (χ3v) is 3.57. The minimum atomic E-state index is -0.225. The highest BCUT2D eigenvalue weighted by atomic mass is 16.5. The maximum Gasteiger partial charge on any atom is 0.311 e. The Bertz CT molecular complexity index is 528. The summed E-state index contributed by atoms with van der Waals surface area (Å²) < 4.78 is 5.23. The molecule has 1 aliphatic carbocycles. The van der Waals surface area contributed by atoms with Gasteiger partial charge in [0.1, 0.15) is 5.76 Å². The first-order valence-electron chi connectivity index (χ1n) is 6.27. The van der Waals surface area contributed by atoms with Crippen molar-refractivity contribution in [3.8, 4) is 0 Å². The number of carbonyl (C=O) groups is 2. The normalized spacial score (nSPS) is 23.7. The lowest BCUT2D eigenvalue weighted by Gasteiger charge is -2.29. The molecule has 18 heavy (non-hydrogen) atoms. The number of rotatable bonds is 1. The van der Waals surface area contributed by atoms with E-state index >= 15 is 0 Å². The molecule has 1 heterocycles. The van der Waals surface area contributed by atoms with E-state index in [0.29, 0.717) is 18.6 Å². The molecule has 1 unspecified atom stereocenters. The van der Waals surface area contributed by atoms with Crippen molar-refractivity contribution in [3.63, 3.8) is 0 Å². The SMILES string of the molecule is O=C1CC(c2ccccc2)C2=C(CCCC2=O)O1. The molecule has 0 bridgehead atoms. The number of benzene rings is 1. The van der Waals surface area contributed by atoms with Gasteiger partial charge in [-0.25, -0.2) is 0 Å². The topological polar surface area (TPSA) is 43.4 Å². The third-order valence-electron chi connectivity index (χ3n) is 3.57. The van der Waals surface area contributed by atoms with E-state index in [1.54, 1.807) is 0 Å². The Balaban J connectivity index is 2.07. The van der Waals surface area contributed by atoms with Gasteiger partial charge in [0, 0.05) is 24.3 Å². The van der Waals surface area contributed by atoms with E-state index in [4.69, 9.17) is 4.74 Å². The number of ether oxygens (including phenoxy) is 1. The molecule has 1 aromatic rings. The van der Waals surface area contributed by atoms with Crippen molar-refractivity contribution < 1.29 is 14.3 Å². The van der Waals surface area contributed by atoms with Crippen molar-refractivity contribution in [2.75, 3.05) is 0 Å². The fraction of sp³-hybridized carbons (Fsp3) is 0.333. The smallest absolute Gasteiger partial charge is 0.311 e. The number of Topliss-reactive ketones (excluding diaryl/α,β-unsaturated/α-hetero) is 1. The lowest BCUT2D eigenvalue weighted by Crippen LogP contribution is -2.27. The first-order chi connectivity index (χ1) is 8.75. The van der Waals surface area contributed by atoms with Crippen LogP contribution in [0.2, 0.25) is 0 Å². The highest BCUT2D eigenvalue weighted by Gasteiger charge is 2.36. The Labute approximate surface area is 105 Å². The summed E-state index contributed by atoms with van der Waals surface area (Å²) in [7, 11) is 0. The van der Waals surface area contributed by atoms with Crippen LogP contribution in [-0.4, -0.2) is 11.8 Å². The summed E-state index contributed by atoms with van der Waals surface area (Å²) in [5.74, 6) is 0.404. The van der Waals surface area contributed by atoms with E-state index in [0.717, 1.165) is 17.6 Å². The lowest BCUT2D eigenvalue weighted by atomic mass is 9.79. The van der Waals surface area contributed by atoms with Crippen molar-refractivity contribution in [3.05, 3.63) is 47.2 Å². The van der Waals surface area contributed by atoms with Gasteiger partial charge >= 0.3 is 5.97 Å². The van der Waals surface area contributed by atoms with Gasteiger partial charge in [-0.05, 0) is 12.0 Å². The Morgan fingerprint density at radius 1 is 1.06 bits per heavy atom. The van der Waals surface area contributed by atoms with Gasteiger partial charge in [-0.1, -0.05) is 30.3 Å². The average molecular weight is 242 g/mol. The zero-order valence-corrected chi connectivity index (χ0v) is 10.0.